The fourth-order valence-corrected chi connectivity index (χ4v) is 4.72. The number of carbonyl (C=O) groups is 2. The van der Waals surface area contributed by atoms with Gasteiger partial charge in [-0.15, -0.1) is 0 Å². The molecule has 212 valence electrons. The van der Waals surface area contributed by atoms with Crippen molar-refractivity contribution in [3.63, 3.8) is 0 Å². The summed E-state index contributed by atoms with van der Waals surface area (Å²) in [6.45, 7) is 6.30. The van der Waals surface area contributed by atoms with Crippen LogP contribution < -0.4 is 0 Å². The highest BCUT2D eigenvalue weighted by molar-refractivity contribution is 5.98. The molecular formula is C35H31FN2O4. The van der Waals surface area contributed by atoms with E-state index in [1.807, 2.05) is 60.7 Å². The van der Waals surface area contributed by atoms with Gasteiger partial charge in [0.2, 0.25) is 5.82 Å². The van der Waals surface area contributed by atoms with E-state index in [-0.39, 0.29) is 29.9 Å². The molecule has 0 aliphatic heterocycles. The van der Waals surface area contributed by atoms with Gasteiger partial charge in [-0.05, 0) is 58.4 Å². The Morgan fingerprint density at radius 2 is 1.33 bits per heavy atom. The summed E-state index contributed by atoms with van der Waals surface area (Å²) in [5.74, 6) is -1.56. The number of halogens is 1. The first-order valence-corrected chi connectivity index (χ1v) is 13.7. The molecule has 5 aromatic rings. The highest BCUT2D eigenvalue weighted by Gasteiger charge is 2.23. The molecule has 6 nitrogen and oxygen atoms in total. The number of hydrogen-bond donors (Lipinski definition) is 1. The zero-order valence-corrected chi connectivity index (χ0v) is 23.7. The molecule has 0 radical (unpaired) electrons. The van der Waals surface area contributed by atoms with E-state index in [1.54, 1.807) is 24.3 Å². The van der Waals surface area contributed by atoms with Gasteiger partial charge in [0.25, 0.3) is 5.89 Å². The monoisotopic (exact) mass is 562 g/mol. The summed E-state index contributed by atoms with van der Waals surface area (Å²) in [7, 11) is 0. The van der Waals surface area contributed by atoms with Crippen molar-refractivity contribution in [2.45, 2.75) is 39.0 Å². The maximum atomic E-state index is 13.2. The van der Waals surface area contributed by atoms with Crippen molar-refractivity contribution in [1.29, 1.82) is 0 Å². The molecule has 0 aliphatic rings. The van der Waals surface area contributed by atoms with Gasteiger partial charge in [0, 0.05) is 23.1 Å². The third-order valence-electron chi connectivity index (χ3n) is 7.28. The van der Waals surface area contributed by atoms with E-state index in [4.69, 9.17) is 4.52 Å². The molecule has 0 bridgehead atoms. The van der Waals surface area contributed by atoms with E-state index in [9.17, 15) is 19.1 Å². The van der Waals surface area contributed by atoms with Gasteiger partial charge in [-0.25, -0.2) is 4.39 Å². The van der Waals surface area contributed by atoms with Crippen molar-refractivity contribution in [3.8, 4) is 34.0 Å². The van der Waals surface area contributed by atoms with E-state index in [1.165, 1.54) is 12.1 Å². The van der Waals surface area contributed by atoms with Crippen molar-refractivity contribution in [3.05, 3.63) is 120 Å². The summed E-state index contributed by atoms with van der Waals surface area (Å²) in [5.41, 5.74) is 5.70. The smallest absolute Gasteiger partial charge is 0.307 e. The van der Waals surface area contributed by atoms with Gasteiger partial charge in [0.05, 0.1) is 5.92 Å². The average molecular weight is 563 g/mol. The summed E-state index contributed by atoms with van der Waals surface area (Å²) in [6, 6.07) is 28.5. The lowest BCUT2D eigenvalue weighted by molar-refractivity contribution is -0.141. The Morgan fingerprint density at radius 1 is 0.786 bits per heavy atom. The minimum absolute atomic E-state index is 0.0295. The molecule has 42 heavy (non-hydrogen) atoms. The molecule has 1 atom stereocenters. The molecule has 4 aromatic carbocycles. The lowest BCUT2D eigenvalue weighted by Crippen LogP contribution is -2.20. The number of ketones is 1. The lowest BCUT2D eigenvalue weighted by Gasteiger charge is -2.19. The Morgan fingerprint density at radius 3 is 1.90 bits per heavy atom. The number of carbonyl (C=O) groups excluding carboxylic acids is 1. The van der Waals surface area contributed by atoms with Gasteiger partial charge in [-0.3, -0.25) is 9.59 Å². The maximum Gasteiger partial charge on any atom is 0.307 e. The molecule has 0 saturated heterocycles. The molecule has 1 heterocycles. The normalized spacial score (nSPS) is 12.2. The Bertz CT molecular complexity index is 1680. The van der Waals surface area contributed by atoms with Crippen LogP contribution >= 0.6 is 0 Å². The van der Waals surface area contributed by atoms with Crippen LogP contribution in [0.1, 0.15) is 48.7 Å². The van der Waals surface area contributed by atoms with Crippen LogP contribution in [0.15, 0.2) is 102 Å². The number of hydrogen-bond acceptors (Lipinski definition) is 5. The van der Waals surface area contributed by atoms with Crippen molar-refractivity contribution in [2.75, 3.05) is 0 Å². The summed E-state index contributed by atoms with van der Waals surface area (Å²) in [6.07, 6.45) is 0.138. The van der Waals surface area contributed by atoms with E-state index >= 15 is 0 Å². The van der Waals surface area contributed by atoms with Crippen molar-refractivity contribution in [2.24, 2.45) is 5.92 Å². The van der Waals surface area contributed by atoms with Crippen LogP contribution in [0, 0.1) is 11.7 Å². The molecule has 1 aromatic heterocycles. The number of rotatable bonds is 9. The van der Waals surface area contributed by atoms with E-state index in [2.05, 4.69) is 30.9 Å². The molecule has 5 rings (SSSR count). The van der Waals surface area contributed by atoms with Crippen molar-refractivity contribution < 1.29 is 23.6 Å². The molecule has 7 heteroatoms. The molecule has 0 spiro atoms. The number of aromatic nitrogens is 2. The Balaban J connectivity index is 1.23. The quantitative estimate of drug-likeness (QED) is 0.183. The van der Waals surface area contributed by atoms with Crippen LogP contribution in [0.5, 0.6) is 0 Å². The fraction of sp³-hybridized carbons (Fsp3) is 0.200. The Hall–Kier alpha value is -4.91. The summed E-state index contributed by atoms with van der Waals surface area (Å²) in [5, 5.41) is 13.9. The number of nitrogens with zero attached hydrogens (tertiary/aromatic N) is 2. The second-order valence-electron chi connectivity index (χ2n) is 11.4. The SMILES string of the molecule is CC(C)(C)c1ccc(C(=O)C[C@@H](Cc2ccc(-c3noc(-c4ccc(-c5ccc(F)cc5)cc4)n3)cc2)C(=O)O)cc1. The molecule has 0 saturated carbocycles. The number of Topliss-reactive ketones (excluding diaryl/α,β-unsaturated/α-hetero) is 1. The number of carboxylic acid groups (broad SMARTS) is 1. The van der Waals surface area contributed by atoms with Crippen LogP contribution in [0.2, 0.25) is 0 Å². The predicted octanol–water partition coefficient (Wildman–Crippen LogP) is 8.02. The first kappa shape index (κ1) is 28.6. The second-order valence-corrected chi connectivity index (χ2v) is 11.4. The van der Waals surface area contributed by atoms with Crippen LogP contribution in [-0.2, 0) is 16.6 Å². The summed E-state index contributed by atoms with van der Waals surface area (Å²) < 4.78 is 18.7. The number of aliphatic carboxylic acids is 1. The molecule has 1 N–H and O–H groups in total. The van der Waals surface area contributed by atoms with Crippen molar-refractivity contribution in [1.82, 2.24) is 10.1 Å². The van der Waals surface area contributed by atoms with Gasteiger partial charge < -0.3 is 9.63 Å². The Kier molecular flexibility index (Phi) is 8.11. The predicted molar refractivity (Wildman–Crippen MR) is 159 cm³/mol. The topological polar surface area (TPSA) is 93.3 Å². The van der Waals surface area contributed by atoms with Crippen LogP contribution in [0.4, 0.5) is 4.39 Å². The van der Waals surface area contributed by atoms with Gasteiger partial charge in [-0.1, -0.05) is 98.7 Å². The van der Waals surface area contributed by atoms with Gasteiger partial charge in [0.15, 0.2) is 5.78 Å². The highest BCUT2D eigenvalue weighted by Crippen LogP contribution is 2.27. The van der Waals surface area contributed by atoms with Crippen molar-refractivity contribution >= 4 is 11.8 Å². The maximum absolute atomic E-state index is 13.2. The third kappa shape index (κ3) is 6.69. The van der Waals surface area contributed by atoms with Crippen LogP contribution in [-0.4, -0.2) is 27.0 Å². The van der Waals surface area contributed by atoms with Gasteiger partial charge in [-0.2, -0.15) is 4.98 Å². The molecule has 0 amide bonds. The molecule has 0 aliphatic carbocycles. The van der Waals surface area contributed by atoms with E-state index in [0.29, 0.717) is 17.3 Å². The highest BCUT2D eigenvalue weighted by atomic mass is 19.1. The number of benzene rings is 4. The zero-order valence-electron chi connectivity index (χ0n) is 23.7. The van der Waals surface area contributed by atoms with Crippen LogP contribution in [0.3, 0.4) is 0 Å². The average Bonchev–Trinajstić information content (AvgIpc) is 3.48. The first-order valence-electron chi connectivity index (χ1n) is 13.7. The lowest BCUT2D eigenvalue weighted by atomic mass is 9.86. The second kappa shape index (κ2) is 11.9. The van der Waals surface area contributed by atoms with Crippen LogP contribution in [0.25, 0.3) is 34.0 Å². The standard InChI is InChI=1S/C35H31FN2O4/c1-35(2,3)29-16-12-25(13-17-29)31(39)21-28(34(40)41)20-22-4-6-26(7-5-22)32-37-33(42-38-32)27-10-8-23(9-11-27)24-14-18-30(36)19-15-24/h4-19,28H,20-21H2,1-3H3,(H,40,41)/t28-/m1/s1. The molecule has 0 unspecified atom stereocenters. The minimum Gasteiger partial charge on any atom is -0.481 e. The Labute approximate surface area is 243 Å². The largest absolute Gasteiger partial charge is 0.481 e. The first-order chi connectivity index (χ1) is 20.1. The number of carboxylic acids is 1. The molecular weight excluding hydrogens is 531 g/mol. The zero-order chi connectivity index (χ0) is 29.9. The van der Waals surface area contributed by atoms with E-state index in [0.717, 1.165) is 33.4 Å². The van der Waals surface area contributed by atoms with Gasteiger partial charge >= 0.3 is 5.97 Å². The summed E-state index contributed by atoms with van der Waals surface area (Å²) in [4.78, 5) is 29.4. The third-order valence-corrected chi connectivity index (χ3v) is 7.28. The minimum atomic E-state index is -1.01. The van der Waals surface area contributed by atoms with E-state index < -0.39 is 11.9 Å². The fourth-order valence-electron chi connectivity index (χ4n) is 4.72. The van der Waals surface area contributed by atoms with Gasteiger partial charge in [0.1, 0.15) is 5.82 Å². The molecule has 0 fully saturated rings. The summed E-state index contributed by atoms with van der Waals surface area (Å²) >= 11 is 0.